The fourth-order valence-corrected chi connectivity index (χ4v) is 2.30. The van der Waals surface area contributed by atoms with Crippen molar-refractivity contribution in [3.8, 4) is 5.88 Å². The van der Waals surface area contributed by atoms with Crippen LogP contribution in [0.4, 0.5) is 11.4 Å². The first-order chi connectivity index (χ1) is 12.0. The van der Waals surface area contributed by atoms with Crippen molar-refractivity contribution in [2.24, 2.45) is 10.2 Å². The molecule has 0 saturated carbocycles. The Hall–Kier alpha value is -3.59. The second-order valence-corrected chi connectivity index (χ2v) is 5.16. The molecule has 9 heteroatoms. The number of aromatic hydroxyl groups is 1. The van der Waals surface area contributed by atoms with E-state index in [0.717, 1.165) is 0 Å². The number of aromatic nitrogens is 1. The van der Waals surface area contributed by atoms with Crippen LogP contribution in [-0.4, -0.2) is 26.0 Å². The van der Waals surface area contributed by atoms with Gasteiger partial charge in [-0.3, -0.25) is 14.9 Å². The predicted molar refractivity (Wildman–Crippen MR) is 87.5 cm³/mol. The summed E-state index contributed by atoms with van der Waals surface area (Å²) in [5.74, 6) is -1.31. The zero-order chi connectivity index (χ0) is 18.0. The van der Waals surface area contributed by atoms with E-state index in [-0.39, 0.29) is 22.6 Å². The number of hydrogen-bond donors (Lipinski definition) is 3. The van der Waals surface area contributed by atoms with Crippen LogP contribution in [0.2, 0.25) is 0 Å². The number of carbonyl (C=O) groups is 1. The number of benzene rings is 2. The average Bonchev–Trinajstić information content (AvgIpc) is 2.94. The molecule has 3 N–H and O–H groups in total. The molecule has 0 spiro atoms. The minimum Gasteiger partial charge on any atom is -0.493 e. The number of azo groups is 1. The number of hydrogen-bond acceptors (Lipinski definition) is 6. The summed E-state index contributed by atoms with van der Waals surface area (Å²) in [4.78, 5) is 24.8. The van der Waals surface area contributed by atoms with Gasteiger partial charge in [0.05, 0.1) is 10.4 Å². The fraction of sp³-hybridized carbons (Fsp3) is 0.0625. The van der Waals surface area contributed by atoms with Gasteiger partial charge < -0.3 is 15.2 Å². The number of aromatic amines is 1. The monoisotopic (exact) mass is 340 g/mol. The SMILES string of the molecule is O=C(N=Nc1c(O)[nH]c2ccc([N+](=O)[O-])cc12)C(O)c1ccccc1. The lowest BCUT2D eigenvalue weighted by molar-refractivity contribution is -0.384. The molecule has 25 heavy (non-hydrogen) atoms. The average molecular weight is 340 g/mol. The van der Waals surface area contributed by atoms with Crippen LogP contribution in [-0.2, 0) is 4.79 Å². The maximum atomic E-state index is 12.0. The summed E-state index contributed by atoms with van der Waals surface area (Å²) >= 11 is 0. The zero-order valence-electron chi connectivity index (χ0n) is 12.7. The van der Waals surface area contributed by atoms with Gasteiger partial charge in [0.25, 0.3) is 11.6 Å². The Bertz CT molecular complexity index is 981. The standard InChI is InChI=1S/C16H12N4O5/c21-14(9-4-2-1-3-5-9)16(23)19-18-13-11-8-10(20(24)25)6-7-12(11)17-15(13)22/h1-8,14,17,21-22H. The first-order valence-electron chi connectivity index (χ1n) is 7.15. The Kier molecular flexibility index (Phi) is 4.23. The normalized spacial score (nSPS) is 12.5. The lowest BCUT2D eigenvalue weighted by Crippen LogP contribution is -2.08. The molecule has 2 aromatic carbocycles. The first-order valence-corrected chi connectivity index (χ1v) is 7.15. The van der Waals surface area contributed by atoms with Gasteiger partial charge in [0, 0.05) is 17.5 Å². The van der Waals surface area contributed by atoms with Crippen molar-refractivity contribution in [3.05, 3.63) is 64.2 Å². The molecule has 1 atom stereocenters. The summed E-state index contributed by atoms with van der Waals surface area (Å²) in [5.41, 5.74) is 0.434. The molecule has 1 amide bonds. The van der Waals surface area contributed by atoms with Crippen LogP contribution in [0.15, 0.2) is 58.8 Å². The molecule has 1 unspecified atom stereocenters. The van der Waals surface area contributed by atoms with E-state index in [2.05, 4.69) is 15.2 Å². The van der Waals surface area contributed by atoms with Crippen molar-refractivity contribution in [2.75, 3.05) is 0 Å². The first kappa shape index (κ1) is 16.3. The summed E-state index contributed by atoms with van der Waals surface area (Å²) in [6.07, 6.45) is -1.49. The topological polar surface area (TPSA) is 141 Å². The highest BCUT2D eigenvalue weighted by Gasteiger charge is 2.18. The maximum Gasteiger partial charge on any atom is 0.297 e. The molecule has 0 bridgehead atoms. The number of amides is 1. The number of nitrogens with zero attached hydrogens (tertiary/aromatic N) is 3. The Morgan fingerprint density at radius 2 is 1.92 bits per heavy atom. The molecule has 0 aliphatic rings. The summed E-state index contributed by atoms with van der Waals surface area (Å²) in [6.45, 7) is 0. The molecule has 0 saturated heterocycles. The second-order valence-electron chi connectivity index (χ2n) is 5.16. The molecule has 126 valence electrons. The Morgan fingerprint density at radius 3 is 2.60 bits per heavy atom. The number of nitro benzene ring substituents is 1. The van der Waals surface area contributed by atoms with Crippen molar-refractivity contribution >= 4 is 28.2 Å². The molecule has 0 aliphatic heterocycles. The molecule has 9 nitrogen and oxygen atoms in total. The third-order valence-electron chi connectivity index (χ3n) is 3.54. The molecule has 0 aliphatic carbocycles. The number of aliphatic hydroxyl groups is 1. The van der Waals surface area contributed by atoms with Crippen molar-refractivity contribution in [1.29, 1.82) is 0 Å². The summed E-state index contributed by atoms with van der Waals surface area (Å²) in [7, 11) is 0. The van der Waals surface area contributed by atoms with Gasteiger partial charge in [0.15, 0.2) is 11.8 Å². The molecule has 0 fully saturated rings. The number of H-pyrrole nitrogens is 1. The highest BCUT2D eigenvalue weighted by Crippen LogP contribution is 2.37. The third kappa shape index (κ3) is 3.21. The van der Waals surface area contributed by atoms with E-state index in [1.807, 2.05) is 0 Å². The third-order valence-corrected chi connectivity index (χ3v) is 3.54. The Balaban J connectivity index is 1.92. The Labute approximate surface area is 140 Å². The smallest absolute Gasteiger partial charge is 0.297 e. The minimum absolute atomic E-state index is 0.118. The zero-order valence-corrected chi connectivity index (χ0v) is 12.7. The van der Waals surface area contributed by atoms with Crippen LogP contribution in [0.1, 0.15) is 11.7 Å². The minimum atomic E-state index is -1.49. The van der Waals surface area contributed by atoms with E-state index in [0.29, 0.717) is 11.1 Å². The summed E-state index contributed by atoms with van der Waals surface area (Å²) < 4.78 is 0. The number of non-ortho nitro benzene ring substituents is 1. The van der Waals surface area contributed by atoms with E-state index < -0.39 is 16.9 Å². The molecule has 3 rings (SSSR count). The van der Waals surface area contributed by atoms with Gasteiger partial charge in [0.2, 0.25) is 5.88 Å². The highest BCUT2D eigenvalue weighted by molar-refractivity contribution is 5.96. The van der Waals surface area contributed by atoms with Crippen LogP contribution < -0.4 is 0 Å². The van der Waals surface area contributed by atoms with Gasteiger partial charge in [-0.15, -0.1) is 10.2 Å². The second kappa shape index (κ2) is 6.49. The largest absolute Gasteiger partial charge is 0.493 e. The van der Waals surface area contributed by atoms with E-state index >= 15 is 0 Å². The lowest BCUT2D eigenvalue weighted by atomic mass is 10.1. The van der Waals surface area contributed by atoms with E-state index in [4.69, 9.17) is 0 Å². The van der Waals surface area contributed by atoms with Gasteiger partial charge in [-0.1, -0.05) is 30.3 Å². The summed E-state index contributed by atoms with van der Waals surface area (Å²) in [5, 5.41) is 38.0. The molecule has 1 heterocycles. The molecule has 0 radical (unpaired) electrons. The van der Waals surface area contributed by atoms with Crippen molar-refractivity contribution in [1.82, 2.24) is 4.98 Å². The van der Waals surface area contributed by atoms with Crippen LogP contribution in [0.3, 0.4) is 0 Å². The van der Waals surface area contributed by atoms with Gasteiger partial charge in [-0.2, -0.15) is 0 Å². The Morgan fingerprint density at radius 1 is 1.20 bits per heavy atom. The number of nitro groups is 1. The van der Waals surface area contributed by atoms with Crippen LogP contribution in [0, 0.1) is 10.1 Å². The maximum absolute atomic E-state index is 12.0. The molecule has 3 aromatic rings. The fourth-order valence-electron chi connectivity index (χ4n) is 2.30. The number of rotatable bonds is 4. The summed E-state index contributed by atoms with van der Waals surface area (Å²) in [6, 6.07) is 12.1. The number of fused-ring (bicyclic) bond motifs is 1. The number of aliphatic hydroxyl groups excluding tert-OH is 1. The van der Waals surface area contributed by atoms with E-state index in [1.54, 1.807) is 30.3 Å². The molecular formula is C16H12N4O5. The van der Waals surface area contributed by atoms with Crippen LogP contribution in [0.5, 0.6) is 5.88 Å². The highest BCUT2D eigenvalue weighted by atomic mass is 16.6. The van der Waals surface area contributed by atoms with Crippen molar-refractivity contribution in [2.45, 2.75) is 6.10 Å². The predicted octanol–water partition coefficient (Wildman–Crippen LogP) is 3.13. The number of carbonyl (C=O) groups excluding carboxylic acids is 1. The van der Waals surface area contributed by atoms with Crippen molar-refractivity contribution < 1.29 is 19.9 Å². The van der Waals surface area contributed by atoms with Crippen LogP contribution >= 0.6 is 0 Å². The van der Waals surface area contributed by atoms with Gasteiger partial charge >= 0.3 is 0 Å². The molecule has 1 aromatic heterocycles. The van der Waals surface area contributed by atoms with Gasteiger partial charge in [-0.25, -0.2) is 0 Å². The lowest BCUT2D eigenvalue weighted by Gasteiger charge is -2.04. The number of nitrogens with one attached hydrogen (secondary N) is 1. The van der Waals surface area contributed by atoms with Gasteiger partial charge in [-0.05, 0) is 11.6 Å². The quantitative estimate of drug-likeness (QED) is 0.380. The van der Waals surface area contributed by atoms with E-state index in [1.165, 1.54) is 18.2 Å². The van der Waals surface area contributed by atoms with E-state index in [9.17, 15) is 25.1 Å². The van der Waals surface area contributed by atoms with Crippen LogP contribution in [0.25, 0.3) is 10.9 Å². The van der Waals surface area contributed by atoms with Gasteiger partial charge in [0.1, 0.15) is 0 Å². The molecular weight excluding hydrogens is 328 g/mol. The van der Waals surface area contributed by atoms with Crippen molar-refractivity contribution in [3.63, 3.8) is 0 Å².